The molecule has 1 aromatic heterocycles. The van der Waals surface area contributed by atoms with Gasteiger partial charge in [0.05, 0.1) is 5.52 Å². The maximum atomic E-state index is 12.7. The SMILES string of the molecule is O=C(Oc1ccc(-c2cnc3ccccc3c2)cc1)N1CCN2CCC1CC2. The molecule has 1 amide bonds. The minimum absolute atomic E-state index is 0.228. The molecule has 3 fully saturated rings. The molecule has 5 nitrogen and oxygen atoms in total. The highest BCUT2D eigenvalue weighted by Crippen LogP contribution is 2.26. The van der Waals surface area contributed by atoms with Gasteiger partial charge in [0.1, 0.15) is 5.75 Å². The van der Waals surface area contributed by atoms with Crippen molar-refractivity contribution in [3.8, 4) is 16.9 Å². The molecule has 3 aromatic rings. The van der Waals surface area contributed by atoms with E-state index in [1.165, 1.54) is 0 Å². The lowest BCUT2D eigenvalue weighted by atomic mass is 10.1. The Labute approximate surface area is 164 Å². The van der Waals surface area contributed by atoms with Gasteiger partial charge in [-0.2, -0.15) is 0 Å². The molecule has 0 saturated carbocycles. The van der Waals surface area contributed by atoms with Crippen molar-refractivity contribution in [2.75, 3.05) is 26.2 Å². The Hall–Kier alpha value is -2.92. The summed E-state index contributed by atoms with van der Waals surface area (Å²) in [7, 11) is 0. The van der Waals surface area contributed by atoms with Crippen LogP contribution in [0.25, 0.3) is 22.0 Å². The zero-order chi connectivity index (χ0) is 18.9. The number of hydrogen-bond acceptors (Lipinski definition) is 4. The van der Waals surface area contributed by atoms with Crippen molar-refractivity contribution in [1.29, 1.82) is 0 Å². The Kier molecular flexibility index (Phi) is 4.45. The molecule has 142 valence electrons. The van der Waals surface area contributed by atoms with Crippen LogP contribution >= 0.6 is 0 Å². The fourth-order valence-corrected chi connectivity index (χ4v) is 4.23. The van der Waals surface area contributed by atoms with Gasteiger partial charge in [0.25, 0.3) is 0 Å². The van der Waals surface area contributed by atoms with Gasteiger partial charge in [0.2, 0.25) is 0 Å². The fraction of sp³-hybridized carbons (Fsp3) is 0.304. The van der Waals surface area contributed by atoms with Gasteiger partial charge < -0.3 is 14.5 Å². The summed E-state index contributed by atoms with van der Waals surface area (Å²) in [6, 6.07) is 18.2. The third kappa shape index (κ3) is 3.34. The van der Waals surface area contributed by atoms with E-state index >= 15 is 0 Å². The Morgan fingerprint density at radius 2 is 1.71 bits per heavy atom. The predicted molar refractivity (Wildman–Crippen MR) is 109 cm³/mol. The van der Waals surface area contributed by atoms with Crippen LogP contribution in [0, 0.1) is 0 Å². The molecule has 0 spiro atoms. The number of amides is 1. The van der Waals surface area contributed by atoms with E-state index in [4.69, 9.17) is 4.74 Å². The van der Waals surface area contributed by atoms with Gasteiger partial charge >= 0.3 is 6.09 Å². The smallest absolute Gasteiger partial charge is 0.410 e. The van der Waals surface area contributed by atoms with Gasteiger partial charge in [0.15, 0.2) is 0 Å². The van der Waals surface area contributed by atoms with Crippen molar-refractivity contribution in [3.63, 3.8) is 0 Å². The number of benzene rings is 2. The molecule has 4 heterocycles. The van der Waals surface area contributed by atoms with Crippen LogP contribution in [-0.2, 0) is 0 Å². The van der Waals surface area contributed by atoms with Gasteiger partial charge in [-0.3, -0.25) is 4.98 Å². The molecule has 3 aliphatic rings. The topological polar surface area (TPSA) is 45.7 Å². The Morgan fingerprint density at radius 1 is 0.929 bits per heavy atom. The summed E-state index contributed by atoms with van der Waals surface area (Å²) in [6.07, 6.45) is 3.74. The molecule has 6 rings (SSSR count). The second-order valence-electron chi connectivity index (χ2n) is 7.58. The maximum Gasteiger partial charge on any atom is 0.415 e. The number of rotatable bonds is 2. The zero-order valence-corrected chi connectivity index (χ0v) is 15.8. The highest BCUT2D eigenvalue weighted by Gasteiger charge is 2.32. The van der Waals surface area contributed by atoms with Crippen molar-refractivity contribution in [2.24, 2.45) is 0 Å². The molecule has 0 unspecified atom stereocenters. The van der Waals surface area contributed by atoms with Crippen molar-refractivity contribution < 1.29 is 9.53 Å². The normalized spacial score (nSPS) is 21.5. The van der Waals surface area contributed by atoms with E-state index < -0.39 is 0 Å². The number of fused-ring (bicyclic) bond motifs is 5. The van der Waals surface area contributed by atoms with E-state index in [-0.39, 0.29) is 6.09 Å². The van der Waals surface area contributed by atoms with Crippen molar-refractivity contribution in [2.45, 2.75) is 18.9 Å². The van der Waals surface area contributed by atoms with Crippen LogP contribution in [-0.4, -0.2) is 53.1 Å². The van der Waals surface area contributed by atoms with Crippen LogP contribution < -0.4 is 4.74 Å². The Bertz CT molecular complexity index is 994. The van der Waals surface area contributed by atoms with Crippen LogP contribution in [0.5, 0.6) is 5.75 Å². The van der Waals surface area contributed by atoms with Crippen LogP contribution in [0.15, 0.2) is 60.8 Å². The summed E-state index contributed by atoms with van der Waals surface area (Å²) in [5, 5.41) is 1.11. The van der Waals surface area contributed by atoms with Crippen molar-refractivity contribution >= 4 is 17.0 Å². The zero-order valence-electron chi connectivity index (χ0n) is 15.8. The van der Waals surface area contributed by atoms with E-state index in [1.54, 1.807) is 0 Å². The van der Waals surface area contributed by atoms with Gasteiger partial charge in [-0.1, -0.05) is 30.3 Å². The van der Waals surface area contributed by atoms with E-state index in [1.807, 2.05) is 53.6 Å². The second kappa shape index (κ2) is 7.24. The van der Waals surface area contributed by atoms with Crippen LogP contribution in [0.4, 0.5) is 4.79 Å². The Balaban J connectivity index is 1.31. The van der Waals surface area contributed by atoms with Crippen LogP contribution in [0.2, 0.25) is 0 Å². The highest BCUT2D eigenvalue weighted by atomic mass is 16.6. The molecular formula is C23H23N3O2. The van der Waals surface area contributed by atoms with E-state index in [2.05, 4.69) is 22.0 Å². The first-order chi connectivity index (χ1) is 13.8. The number of para-hydroxylation sites is 1. The first-order valence-electron chi connectivity index (χ1n) is 9.92. The molecule has 0 radical (unpaired) electrons. The molecule has 2 bridgehead atoms. The number of carbonyl (C=O) groups is 1. The monoisotopic (exact) mass is 373 g/mol. The third-order valence-electron chi connectivity index (χ3n) is 5.87. The van der Waals surface area contributed by atoms with Crippen molar-refractivity contribution in [3.05, 3.63) is 60.8 Å². The summed E-state index contributed by atoms with van der Waals surface area (Å²) in [6.45, 7) is 3.87. The van der Waals surface area contributed by atoms with Gasteiger partial charge in [-0.05, 0) is 42.7 Å². The third-order valence-corrected chi connectivity index (χ3v) is 5.87. The molecule has 3 saturated heterocycles. The lowest BCUT2D eigenvalue weighted by Crippen LogP contribution is -2.43. The Morgan fingerprint density at radius 3 is 2.54 bits per heavy atom. The minimum Gasteiger partial charge on any atom is -0.410 e. The van der Waals surface area contributed by atoms with Crippen LogP contribution in [0.1, 0.15) is 12.8 Å². The standard InChI is InChI=1S/C23H23N3O2/c27-23(26-14-13-25-11-9-20(26)10-12-25)28-21-7-5-17(6-8-21)19-15-18-3-1-2-4-22(18)24-16-19/h1-8,15-16,20H,9-14H2. The molecule has 5 heteroatoms. The number of carbonyl (C=O) groups excluding carboxylic acids is 1. The number of nitrogens with zero attached hydrogens (tertiary/aromatic N) is 3. The molecule has 0 N–H and O–H groups in total. The quantitative estimate of drug-likeness (QED) is 0.676. The number of pyridine rings is 1. The predicted octanol–water partition coefficient (Wildman–Crippen LogP) is 4.18. The van der Waals surface area contributed by atoms with Crippen molar-refractivity contribution in [1.82, 2.24) is 14.8 Å². The summed E-state index contributed by atoms with van der Waals surface area (Å²) >= 11 is 0. The molecule has 0 aliphatic carbocycles. The second-order valence-corrected chi connectivity index (χ2v) is 7.58. The maximum absolute atomic E-state index is 12.7. The first-order valence-corrected chi connectivity index (χ1v) is 9.92. The molecule has 28 heavy (non-hydrogen) atoms. The summed E-state index contributed by atoms with van der Waals surface area (Å²) in [5.41, 5.74) is 3.09. The number of ether oxygens (including phenoxy) is 1. The van der Waals surface area contributed by atoms with Gasteiger partial charge in [0, 0.05) is 49.4 Å². The molecule has 0 atom stereocenters. The van der Waals surface area contributed by atoms with Crippen LogP contribution in [0.3, 0.4) is 0 Å². The van der Waals surface area contributed by atoms with Gasteiger partial charge in [-0.25, -0.2) is 4.79 Å². The number of aromatic nitrogens is 1. The average molecular weight is 373 g/mol. The summed E-state index contributed by atoms with van der Waals surface area (Å²) < 4.78 is 5.67. The van der Waals surface area contributed by atoms with E-state index in [0.29, 0.717) is 11.8 Å². The fourth-order valence-electron chi connectivity index (χ4n) is 4.23. The first kappa shape index (κ1) is 17.2. The highest BCUT2D eigenvalue weighted by molar-refractivity contribution is 5.83. The lowest BCUT2D eigenvalue weighted by molar-refractivity contribution is 0.131. The van der Waals surface area contributed by atoms with E-state index in [0.717, 1.165) is 61.1 Å². The van der Waals surface area contributed by atoms with Gasteiger partial charge in [-0.15, -0.1) is 0 Å². The molecule has 3 aliphatic heterocycles. The lowest BCUT2D eigenvalue weighted by Gasteiger charge is -2.30. The average Bonchev–Trinajstić information content (AvgIpc) is 3.08. The largest absolute Gasteiger partial charge is 0.415 e. The van der Waals surface area contributed by atoms with E-state index in [9.17, 15) is 4.79 Å². The summed E-state index contributed by atoms with van der Waals surface area (Å²) in [5.74, 6) is 0.585. The molecule has 2 aromatic carbocycles. The summed E-state index contributed by atoms with van der Waals surface area (Å²) in [4.78, 5) is 21.5. The molecular weight excluding hydrogens is 350 g/mol. The minimum atomic E-state index is -0.228. The number of piperidine rings is 1. The number of hydrogen-bond donors (Lipinski definition) is 0.